The zero-order valence-corrected chi connectivity index (χ0v) is 9.29. The van der Waals surface area contributed by atoms with Crippen LogP contribution in [0.25, 0.3) is 0 Å². The van der Waals surface area contributed by atoms with Crippen molar-refractivity contribution in [1.82, 2.24) is 10.1 Å². The van der Waals surface area contributed by atoms with Gasteiger partial charge in [0, 0.05) is 18.7 Å². The Morgan fingerprint density at radius 1 is 1.67 bits per heavy atom. The summed E-state index contributed by atoms with van der Waals surface area (Å²) in [6.45, 7) is 5.81. The first-order valence-electron chi connectivity index (χ1n) is 5.38. The van der Waals surface area contributed by atoms with E-state index in [1.165, 1.54) is 0 Å². The van der Waals surface area contributed by atoms with Crippen LogP contribution in [0.15, 0.2) is 10.8 Å². The normalized spacial score (nSPS) is 28.2. The van der Waals surface area contributed by atoms with E-state index < -0.39 is 5.67 Å². The fraction of sp³-hybridized carbons (Fsp3) is 0.727. The molecule has 2 heterocycles. The van der Waals surface area contributed by atoms with Gasteiger partial charge in [-0.15, -0.1) is 0 Å². The van der Waals surface area contributed by atoms with Gasteiger partial charge in [-0.3, -0.25) is 4.90 Å². The maximum atomic E-state index is 13.8. The first-order chi connectivity index (χ1) is 7.07. The van der Waals surface area contributed by atoms with E-state index in [0.29, 0.717) is 13.0 Å². The summed E-state index contributed by atoms with van der Waals surface area (Å²) in [6, 6.07) is 0. The highest BCUT2D eigenvalue weighted by molar-refractivity contribution is 5.12. The molecule has 0 aliphatic carbocycles. The van der Waals surface area contributed by atoms with Gasteiger partial charge in [0.1, 0.15) is 11.9 Å². The van der Waals surface area contributed by atoms with Gasteiger partial charge in [-0.05, 0) is 33.2 Å². The van der Waals surface area contributed by atoms with Crippen LogP contribution in [0.1, 0.15) is 31.0 Å². The number of rotatable bonds is 2. The molecular weight excluding hydrogens is 195 g/mol. The molecular formula is C11H17FN2O. The van der Waals surface area contributed by atoms with Crippen LogP contribution in [0.2, 0.25) is 0 Å². The van der Waals surface area contributed by atoms with Crippen LogP contribution in [-0.2, 0) is 6.54 Å². The SMILES string of the molecule is Cc1nocc1CN1CCCC(C)(F)C1. The lowest BCUT2D eigenvalue weighted by atomic mass is 9.96. The van der Waals surface area contributed by atoms with Gasteiger partial charge in [0.05, 0.1) is 5.69 Å². The molecule has 1 aromatic heterocycles. The van der Waals surface area contributed by atoms with Crippen LogP contribution < -0.4 is 0 Å². The van der Waals surface area contributed by atoms with Crippen LogP contribution in [0.5, 0.6) is 0 Å². The molecule has 1 saturated heterocycles. The maximum Gasteiger partial charge on any atom is 0.128 e. The zero-order valence-electron chi connectivity index (χ0n) is 9.29. The zero-order chi connectivity index (χ0) is 10.9. The number of aryl methyl sites for hydroxylation is 1. The van der Waals surface area contributed by atoms with Crippen LogP contribution in [-0.4, -0.2) is 28.8 Å². The van der Waals surface area contributed by atoms with Gasteiger partial charge in [-0.1, -0.05) is 5.16 Å². The molecule has 84 valence electrons. The van der Waals surface area contributed by atoms with E-state index in [2.05, 4.69) is 10.1 Å². The van der Waals surface area contributed by atoms with Gasteiger partial charge < -0.3 is 4.52 Å². The van der Waals surface area contributed by atoms with E-state index in [0.717, 1.165) is 30.8 Å². The lowest BCUT2D eigenvalue weighted by Crippen LogP contribution is -2.42. The summed E-state index contributed by atoms with van der Waals surface area (Å²) < 4.78 is 18.6. The second-order valence-corrected chi connectivity index (χ2v) is 4.65. The summed E-state index contributed by atoms with van der Waals surface area (Å²) in [4.78, 5) is 2.13. The third-order valence-corrected chi connectivity index (χ3v) is 2.97. The number of likely N-dealkylation sites (tertiary alicyclic amines) is 1. The smallest absolute Gasteiger partial charge is 0.128 e. The third kappa shape index (κ3) is 2.56. The van der Waals surface area contributed by atoms with Gasteiger partial charge in [-0.25, -0.2) is 4.39 Å². The van der Waals surface area contributed by atoms with E-state index in [1.54, 1.807) is 13.2 Å². The monoisotopic (exact) mass is 212 g/mol. The number of nitrogens with zero attached hydrogens (tertiary/aromatic N) is 2. The number of hydrogen-bond donors (Lipinski definition) is 0. The van der Waals surface area contributed by atoms with E-state index in [4.69, 9.17) is 4.52 Å². The molecule has 15 heavy (non-hydrogen) atoms. The molecule has 1 atom stereocenters. The molecule has 0 bridgehead atoms. The molecule has 1 aromatic rings. The first-order valence-corrected chi connectivity index (χ1v) is 5.38. The first kappa shape index (κ1) is 10.6. The van der Waals surface area contributed by atoms with Crippen molar-refractivity contribution in [2.75, 3.05) is 13.1 Å². The van der Waals surface area contributed by atoms with Crippen LogP contribution in [0, 0.1) is 6.92 Å². The molecule has 1 fully saturated rings. The molecule has 2 rings (SSSR count). The van der Waals surface area contributed by atoms with Crippen molar-refractivity contribution in [1.29, 1.82) is 0 Å². The van der Waals surface area contributed by atoms with Crippen molar-refractivity contribution in [3.8, 4) is 0 Å². The Labute approximate surface area is 89.2 Å². The number of hydrogen-bond acceptors (Lipinski definition) is 3. The Kier molecular flexibility index (Phi) is 2.78. The summed E-state index contributed by atoms with van der Waals surface area (Å²) in [5.74, 6) is 0. The van der Waals surface area contributed by atoms with Crippen molar-refractivity contribution in [3.63, 3.8) is 0 Å². The van der Waals surface area contributed by atoms with Gasteiger partial charge in [0.15, 0.2) is 0 Å². The van der Waals surface area contributed by atoms with E-state index in [9.17, 15) is 4.39 Å². The molecule has 1 aliphatic heterocycles. The van der Waals surface area contributed by atoms with Crippen LogP contribution in [0.4, 0.5) is 4.39 Å². The van der Waals surface area contributed by atoms with Gasteiger partial charge in [0.25, 0.3) is 0 Å². The minimum Gasteiger partial charge on any atom is -0.364 e. The Hall–Kier alpha value is -0.900. The van der Waals surface area contributed by atoms with Crippen molar-refractivity contribution < 1.29 is 8.91 Å². The summed E-state index contributed by atoms with van der Waals surface area (Å²) >= 11 is 0. The molecule has 3 nitrogen and oxygen atoms in total. The minimum atomic E-state index is -1.04. The van der Waals surface area contributed by atoms with E-state index in [1.807, 2.05) is 6.92 Å². The number of piperidine rings is 1. The van der Waals surface area contributed by atoms with Crippen molar-refractivity contribution in [3.05, 3.63) is 17.5 Å². The molecule has 0 amide bonds. The summed E-state index contributed by atoms with van der Waals surface area (Å²) in [7, 11) is 0. The molecule has 0 N–H and O–H groups in total. The maximum absolute atomic E-state index is 13.8. The highest BCUT2D eigenvalue weighted by Gasteiger charge is 2.30. The standard InChI is InChI=1S/C11H17FN2O/c1-9-10(7-15-13-9)6-14-5-3-4-11(2,12)8-14/h7H,3-6,8H2,1-2H3. The molecule has 0 saturated carbocycles. The molecule has 0 spiro atoms. The highest BCUT2D eigenvalue weighted by Crippen LogP contribution is 2.25. The van der Waals surface area contributed by atoms with Crippen molar-refractivity contribution in [2.45, 2.75) is 38.9 Å². The molecule has 1 unspecified atom stereocenters. The quantitative estimate of drug-likeness (QED) is 0.753. The number of halogens is 1. The third-order valence-electron chi connectivity index (χ3n) is 2.97. The minimum absolute atomic E-state index is 0.512. The average molecular weight is 212 g/mol. The summed E-state index contributed by atoms with van der Waals surface area (Å²) in [5.41, 5.74) is 0.928. The second-order valence-electron chi connectivity index (χ2n) is 4.65. The van der Waals surface area contributed by atoms with Gasteiger partial charge in [0.2, 0.25) is 0 Å². The van der Waals surface area contributed by atoms with Crippen molar-refractivity contribution in [2.24, 2.45) is 0 Å². The van der Waals surface area contributed by atoms with Crippen molar-refractivity contribution >= 4 is 0 Å². The number of aromatic nitrogens is 1. The predicted molar refractivity (Wildman–Crippen MR) is 55.3 cm³/mol. The topological polar surface area (TPSA) is 29.3 Å². The Balaban J connectivity index is 1.98. The fourth-order valence-corrected chi connectivity index (χ4v) is 2.14. The Bertz CT molecular complexity index is 335. The second kappa shape index (κ2) is 3.93. The number of alkyl halides is 1. The fourth-order valence-electron chi connectivity index (χ4n) is 2.14. The van der Waals surface area contributed by atoms with Crippen LogP contribution >= 0.6 is 0 Å². The van der Waals surface area contributed by atoms with E-state index in [-0.39, 0.29) is 0 Å². The summed E-state index contributed by atoms with van der Waals surface area (Å²) in [5, 5.41) is 3.82. The predicted octanol–water partition coefficient (Wildman–Crippen LogP) is 2.31. The largest absolute Gasteiger partial charge is 0.364 e. The lowest BCUT2D eigenvalue weighted by Gasteiger charge is -2.34. The van der Waals surface area contributed by atoms with Gasteiger partial charge >= 0.3 is 0 Å². The average Bonchev–Trinajstić information content (AvgIpc) is 2.50. The van der Waals surface area contributed by atoms with Gasteiger partial charge in [-0.2, -0.15) is 0 Å². The summed E-state index contributed by atoms with van der Waals surface area (Å²) in [6.07, 6.45) is 3.25. The van der Waals surface area contributed by atoms with Crippen LogP contribution in [0.3, 0.4) is 0 Å². The Morgan fingerprint density at radius 2 is 2.47 bits per heavy atom. The molecule has 1 aliphatic rings. The lowest BCUT2D eigenvalue weighted by molar-refractivity contribution is 0.0561. The molecule has 0 aromatic carbocycles. The Morgan fingerprint density at radius 3 is 3.07 bits per heavy atom. The molecule has 4 heteroatoms. The highest BCUT2D eigenvalue weighted by atomic mass is 19.1. The molecule has 0 radical (unpaired) electrons. The van der Waals surface area contributed by atoms with E-state index >= 15 is 0 Å².